The van der Waals surface area contributed by atoms with Crippen LogP contribution in [0.2, 0.25) is 0 Å². The van der Waals surface area contributed by atoms with E-state index < -0.39 is 0 Å². The topological polar surface area (TPSA) is 78.4 Å². The minimum absolute atomic E-state index is 0.000349. The number of aryl methyl sites for hydroxylation is 1. The molecule has 0 bridgehead atoms. The molecule has 1 saturated carbocycles. The molecule has 0 aromatic carbocycles. The minimum atomic E-state index is -0.213. The van der Waals surface area contributed by atoms with Crippen LogP contribution in [0.25, 0.3) is 0 Å². The minimum Gasteiger partial charge on any atom is -0.355 e. The molecule has 2 aromatic heterocycles. The maximum atomic E-state index is 13.0. The van der Waals surface area contributed by atoms with Gasteiger partial charge in [0, 0.05) is 45.1 Å². The number of piperazine rings is 1. The van der Waals surface area contributed by atoms with Crippen LogP contribution in [0.5, 0.6) is 0 Å². The van der Waals surface area contributed by atoms with E-state index in [4.69, 9.17) is 4.98 Å². The molecule has 3 aliphatic rings. The summed E-state index contributed by atoms with van der Waals surface area (Å²) in [5.74, 6) is 1.83. The van der Waals surface area contributed by atoms with E-state index in [-0.39, 0.29) is 23.7 Å². The molecule has 1 N–H and O–H groups in total. The van der Waals surface area contributed by atoms with Gasteiger partial charge in [-0.3, -0.25) is 14.6 Å². The number of carbonyl (C=O) groups is 2. The molecule has 1 aliphatic carbocycles. The van der Waals surface area contributed by atoms with Crippen LogP contribution < -0.4 is 10.2 Å². The van der Waals surface area contributed by atoms with E-state index in [1.807, 2.05) is 23.2 Å². The smallest absolute Gasteiger partial charge is 0.255 e. The van der Waals surface area contributed by atoms with Gasteiger partial charge in [0.2, 0.25) is 5.91 Å². The number of hydrogen-bond donors (Lipinski definition) is 1. The highest BCUT2D eigenvalue weighted by molar-refractivity contribution is 5.94. The molecule has 2 amide bonds. The third kappa shape index (κ3) is 3.96. The highest BCUT2D eigenvalue weighted by Gasteiger charge is 2.35. The van der Waals surface area contributed by atoms with Crippen LogP contribution in [0.15, 0.2) is 30.6 Å². The number of rotatable bonds is 5. The second kappa shape index (κ2) is 8.52. The van der Waals surface area contributed by atoms with E-state index >= 15 is 0 Å². The van der Waals surface area contributed by atoms with E-state index in [2.05, 4.69) is 35.1 Å². The SMILES string of the molecule is CCC1CNC(=O)[C@H]1c1ccc(C(=O)N2CCN(c3ncc(C4CC4)cc3C)CC2)cn1. The van der Waals surface area contributed by atoms with Gasteiger partial charge < -0.3 is 15.1 Å². The summed E-state index contributed by atoms with van der Waals surface area (Å²) in [7, 11) is 0. The Labute approximate surface area is 189 Å². The summed E-state index contributed by atoms with van der Waals surface area (Å²) in [5.41, 5.74) is 3.91. The Morgan fingerprint density at radius 1 is 1.12 bits per heavy atom. The Balaban J connectivity index is 1.21. The third-order valence-electron chi connectivity index (χ3n) is 7.16. The largest absolute Gasteiger partial charge is 0.355 e. The lowest BCUT2D eigenvalue weighted by Crippen LogP contribution is -2.49. The average molecular weight is 434 g/mol. The standard InChI is InChI=1S/C25H31N5O2/c1-3-17-13-28-24(31)22(17)21-7-6-19(14-26-21)25(32)30-10-8-29(9-11-30)23-16(2)12-20(15-27-23)18-4-5-18/h6-7,12,14-15,17-18,22H,3-5,8-11,13H2,1-2H3,(H,28,31)/t17?,22-/m1/s1. The lowest BCUT2D eigenvalue weighted by molar-refractivity contribution is -0.120. The summed E-state index contributed by atoms with van der Waals surface area (Å²) >= 11 is 0. The molecule has 1 unspecified atom stereocenters. The first-order valence-corrected chi connectivity index (χ1v) is 11.8. The number of aromatic nitrogens is 2. The molecule has 2 aromatic rings. The molecule has 0 spiro atoms. The average Bonchev–Trinajstić information content (AvgIpc) is 3.61. The normalized spacial score (nSPS) is 23.4. The molecular weight excluding hydrogens is 402 g/mol. The Morgan fingerprint density at radius 2 is 1.91 bits per heavy atom. The fourth-order valence-corrected chi connectivity index (χ4v) is 5.01. The molecule has 7 nitrogen and oxygen atoms in total. The van der Waals surface area contributed by atoms with Crippen molar-refractivity contribution in [3.8, 4) is 0 Å². The molecule has 7 heteroatoms. The van der Waals surface area contributed by atoms with Gasteiger partial charge in [-0.25, -0.2) is 4.98 Å². The number of nitrogens with zero attached hydrogens (tertiary/aromatic N) is 4. The van der Waals surface area contributed by atoms with Crippen LogP contribution >= 0.6 is 0 Å². The maximum absolute atomic E-state index is 13.0. The number of hydrogen-bond acceptors (Lipinski definition) is 5. The first kappa shape index (κ1) is 20.9. The first-order chi connectivity index (χ1) is 15.5. The molecule has 168 valence electrons. The van der Waals surface area contributed by atoms with Crippen molar-refractivity contribution in [1.29, 1.82) is 0 Å². The van der Waals surface area contributed by atoms with Crippen molar-refractivity contribution in [3.05, 3.63) is 53.0 Å². The molecule has 2 saturated heterocycles. The number of amides is 2. The molecule has 2 atom stereocenters. The van der Waals surface area contributed by atoms with Crippen molar-refractivity contribution in [1.82, 2.24) is 20.2 Å². The lowest BCUT2D eigenvalue weighted by atomic mass is 9.90. The molecule has 4 heterocycles. The van der Waals surface area contributed by atoms with E-state index in [0.29, 0.717) is 31.1 Å². The number of anilines is 1. The Bertz CT molecular complexity index is 1010. The van der Waals surface area contributed by atoms with E-state index in [0.717, 1.165) is 31.0 Å². The summed E-state index contributed by atoms with van der Waals surface area (Å²) in [6.07, 6.45) is 7.14. The van der Waals surface area contributed by atoms with Gasteiger partial charge in [0.1, 0.15) is 5.82 Å². The van der Waals surface area contributed by atoms with Crippen molar-refractivity contribution in [2.45, 2.75) is 44.9 Å². The van der Waals surface area contributed by atoms with Gasteiger partial charge in [0.15, 0.2) is 0 Å². The van der Waals surface area contributed by atoms with Gasteiger partial charge in [-0.15, -0.1) is 0 Å². The Kier molecular flexibility index (Phi) is 5.57. The second-order valence-electron chi connectivity index (χ2n) is 9.33. The summed E-state index contributed by atoms with van der Waals surface area (Å²) < 4.78 is 0. The number of pyridine rings is 2. The number of nitrogens with one attached hydrogen (secondary N) is 1. The van der Waals surface area contributed by atoms with E-state index in [1.165, 1.54) is 24.0 Å². The Hall–Kier alpha value is -2.96. The zero-order chi connectivity index (χ0) is 22.2. The number of carbonyl (C=O) groups excluding carboxylic acids is 2. The predicted octanol–water partition coefficient (Wildman–Crippen LogP) is 2.86. The van der Waals surface area contributed by atoms with Crippen molar-refractivity contribution < 1.29 is 9.59 Å². The lowest BCUT2D eigenvalue weighted by Gasteiger charge is -2.36. The first-order valence-electron chi connectivity index (χ1n) is 11.8. The zero-order valence-corrected chi connectivity index (χ0v) is 18.9. The quantitative estimate of drug-likeness (QED) is 0.785. The summed E-state index contributed by atoms with van der Waals surface area (Å²) in [6.45, 7) is 7.79. The van der Waals surface area contributed by atoms with Gasteiger partial charge in [-0.05, 0) is 54.9 Å². The summed E-state index contributed by atoms with van der Waals surface area (Å²) in [6, 6.07) is 5.94. The summed E-state index contributed by atoms with van der Waals surface area (Å²) in [4.78, 5) is 38.6. The van der Waals surface area contributed by atoms with Crippen molar-refractivity contribution in [2.24, 2.45) is 5.92 Å². The second-order valence-corrected chi connectivity index (χ2v) is 9.33. The van der Waals surface area contributed by atoms with Gasteiger partial charge in [-0.2, -0.15) is 0 Å². The highest BCUT2D eigenvalue weighted by atomic mass is 16.2. The highest BCUT2D eigenvalue weighted by Crippen LogP contribution is 2.40. The molecule has 0 radical (unpaired) electrons. The summed E-state index contributed by atoms with van der Waals surface area (Å²) in [5, 5.41) is 2.93. The predicted molar refractivity (Wildman–Crippen MR) is 123 cm³/mol. The molecule has 3 fully saturated rings. The van der Waals surface area contributed by atoms with Crippen LogP contribution in [-0.4, -0.2) is 59.4 Å². The van der Waals surface area contributed by atoms with Crippen LogP contribution in [-0.2, 0) is 4.79 Å². The molecule has 2 aliphatic heterocycles. The molecule has 5 rings (SSSR count). The van der Waals surface area contributed by atoms with Crippen LogP contribution in [0.4, 0.5) is 5.82 Å². The van der Waals surface area contributed by atoms with Gasteiger partial charge >= 0.3 is 0 Å². The van der Waals surface area contributed by atoms with Crippen LogP contribution in [0, 0.1) is 12.8 Å². The van der Waals surface area contributed by atoms with Crippen LogP contribution in [0.1, 0.15) is 65.2 Å². The monoisotopic (exact) mass is 433 g/mol. The van der Waals surface area contributed by atoms with E-state index in [9.17, 15) is 9.59 Å². The maximum Gasteiger partial charge on any atom is 0.255 e. The van der Waals surface area contributed by atoms with Crippen molar-refractivity contribution in [3.63, 3.8) is 0 Å². The van der Waals surface area contributed by atoms with Crippen LogP contribution in [0.3, 0.4) is 0 Å². The molecular formula is C25H31N5O2. The fourth-order valence-electron chi connectivity index (χ4n) is 5.01. The third-order valence-corrected chi connectivity index (χ3v) is 7.16. The van der Waals surface area contributed by atoms with Gasteiger partial charge in [-0.1, -0.05) is 19.4 Å². The fraction of sp³-hybridized carbons (Fsp3) is 0.520. The Morgan fingerprint density at radius 3 is 2.53 bits per heavy atom. The zero-order valence-electron chi connectivity index (χ0n) is 18.9. The van der Waals surface area contributed by atoms with Crippen molar-refractivity contribution in [2.75, 3.05) is 37.6 Å². The van der Waals surface area contributed by atoms with Gasteiger partial charge in [0.05, 0.1) is 17.2 Å². The van der Waals surface area contributed by atoms with Crippen molar-refractivity contribution >= 4 is 17.6 Å². The van der Waals surface area contributed by atoms with E-state index in [1.54, 1.807) is 6.20 Å². The van der Waals surface area contributed by atoms with Gasteiger partial charge in [0.25, 0.3) is 5.91 Å². The molecule has 32 heavy (non-hydrogen) atoms.